The molecule has 156 valence electrons. The predicted molar refractivity (Wildman–Crippen MR) is 111 cm³/mol. The summed E-state index contributed by atoms with van der Waals surface area (Å²) >= 11 is 7.24. The highest BCUT2D eigenvalue weighted by molar-refractivity contribution is 7.18. The van der Waals surface area contributed by atoms with Gasteiger partial charge in [0.05, 0.1) is 16.2 Å². The molecule has 1 atom stereocenters. The van der Waals surface area contributed by atoms with Crippen LogP contribution in [0.15, 0.2) is 47.6 Å². The number of nitrogens with one attached hydrogen (secondary N) is 1. The van der Waals surface area contributed by atoms with E-state index in [1.807, 2.05) is 0 Å². The first kappa shape index (κ1) is 22.9. The number of halogens is 4. The van der Waals surface area contributed by atoms with Gasteiger partial charge in [0.15, 0.2) is 0 Å². The zero-order valence-electron chi connectivity index (χ0n) is 15.5. The molecule has 1 amide bonds. The summed E-state index contributed by atoms with van der Waals surface area (Å²) < 4.78 is 39.9. The fourth-order valence-corrected chi connectivity index (χ4v) is 3.92. The molecule has 2 aromatic rings. The summed E-state index contributed by atoms with van der Waals surface area (Å²) in [5.74, 6) is -0.477. The maximum Gasteiger partial charge on any atom is 0.416 e. The number of amides is 1. The van der Waals surface area contributed by atoms with Crippen molar-refractivity contribution < 1.29 is 18.0 Å². The highest BCUT2D eigenvalue weighted by Crippen LogP contribution is 2.32. The van der Waals surface area contributed by atoms with Gasteiger partial charge in [-0.15, -0.1) is 11.3 Å². The molecule has 0 aliphatic carbocycles. The smallest absolute Gasteiger partial charge is 0.405 e. The molecule has 0 spiro atoms. The second kappa shape index (κ2) is 9.91. The van der Waals surface area contributed by atoms with E-state index in [4.69, 9.17) is 23.1 Å². The lowest BCUT2D eigenvalue weighted by molar-refractivity contribution is -0.138. The van der Waals surface area contributed by atoms with E-state index in [-0.39, 0.29) is 18.5 Å². The summed E-state index contributed by atoms with van der Waals surface area (Å²) in [5.41, 5.74) is 11.4. The standard InChI is InChI=1S/C19H20ClF3N4OS/c1-26-15(6-7-24)13-9-16(29-17(13)20)18(28)27-12(10-25)8-11-4-2-3-5-14(11)19(21,22)23/h2-7,9,12H,8,10,24-25H2,1H3,(H,27,28). The van der Waals surface area contributed by atoms with E-state index in [1.54, 1.807) is 19.2 Å². The Labute approximate surface area is 175 Å². The highest BCUT2D eigenvalue weighted by Gasteiger charge is 2.33. The first-order chi connectivity index (χ1) is 13.7. The van der Waals surface area contributed by atoms with Crippen LogP contribution in [0.3, 0.4) is 0 Å². The SMILES string of the molecule is CN=C(C=CN)c1cc(C(=O)NC(CN)Cc2ccccc2C(F)(F)F)sc1Cl. The number of hydrogen-bond acceptors (Lipinski definition) is 5. The summed E-state index contributed by atoms with van der Waals surface area (Å²) in [6.07, 6.45) is -1.69. The molecule has 0 bridgehead atoms. The molecular formula is C19H20ClF3N4OS. The van der Waals surface area contributed by atoms with Crippen molar-refractivity contribution in [3.05, 3.63) is 68.5 Å². The number of carbonyl (C=O) groups is 1. The second-order valence-corrected chi connectivity index (χ2v) is 7.69. The number of carbonyl (C=O) groups excluding carboxylic acids is 1. The van der Waals surface area contributed by atoms with Crippen molar-refractivity contribution in [3.8, 4) is 0 Å². The molecule has 1 unspecified atom stereocenters. The van der Waals surface area contributed by atoms with Crippen LogP contribution < -0.4 is 16.8 Å². The van der Waals surface area contributed by atoms with Gasteiger partial charge in [0, 0.05) is 25.2 Å². The number of nitrogens with two attached hydrogens (primary N) is 2. The van der Waals surface area contributed by atoms with E-state index in [0.717, 1.165) is 17.4 Å². The normalized spacial score (nSPS) is 13.7. The van der Waals surface area contributed by atoms with Crippen LogP contribution >= 0.6 is 22.9 Å². The Morgan fingerprint density at radius 3 is 2.66 bits per heavy atom. The summed E-state index contributed by atoms with van der Waals surface area (Å²) in [4.78, 5) is 17.0. The Kier molecular flexibility index (Phi) is 7.83. The van der Waals surface area contributed by atoms with E-state index in [1.165, 1.54) is 24.4 Å². The zero-order valence-corrected chi connectivity index (χ0v) is 17.0. The average molecular weight is 445 g/mol. The van der Waals surface area contributed by atoms with Crippen LogP contribution in [0.2, 0.25) is 4.34 Å². The molecule has 0 saturated carbocycles. The van der Waals surface area contributed by atoms with Crippen molar-refractivity contribution in [2.45, 2.75) is 18.6 Å². The minimum Gasteiger partial charge on any atom is -0.405 e. The van der Waals surface area contributed by atoms with E-state index in [2.05, 4.69) is 10.3 Å². The molecular weight excluding hydrogens is 425 g/mol. The first-order valence-electron chi connectivity index (χ1n) is 8.52. The molecule has 0 aliphatic rings. The first-order valence-corrected chi connectivity index (χ1v) is 9.71. The van der Waals surface area contributed by atoms with Crippen LogP contribution in [0.4, 0.5) is 13.2 Å². The van der Waals surface area contributed by atoms with Crippen LogP contribution in [-0.2, 0) is 12.6 Å². The fraction of sp³-hybridized carbons (Fsp3) is 0.263. The number of alkyl halides is 3. The lowest BCUT2D eigenvalue weighted by Gasteiger charge is -2.19. The minimum absolute atomic E-state index is 0.0263. The van der Waals surface area contributed by atoms with Gasteiger partial charge in [-0.3, -0.25) is 9.79 Å². The monoisotopic (exact) mass is 444 g/mol. The van der Waals surface area contributed by atoms with E-state index in [9.17, 15) is 18.0 Å². The van der Waals surface area contributed by atoms with Gasteiger partial charge >= 0.3 is 6.18 Å². The number of benzene rings is 1. The van der Waals surface area contributed by atoms with Crippen molar-refractivity contribution >= 4 is 34.6 Å². The van der Waals surface area contributed by atoms with E-state index in [0.29, 0.717) is 20.5 Å². The number of hydrogen-bond donors (Lipinski definition) is 3. The summed E-state index contributed by atoms with van der Waals surface area (Å²) in [6.45, 7) is -0.0263. The topological polar surface area (TPSA) is 93.5 Å². The molecule has 0 aliphatic heterocycles. The van der Waals surface area contributed by atoms with Crippen LogP contribution in [0, 0.1) is 0 Å². The summed E-state index contributed by atoms with van der Waals surface area (Å²) in [7, 11) is 1.56. The van der Waals surface area contributed by atoms with Gasteiger partial charge < -0.3 is 16.8 Å². The van der Waals surface area contributed by atoms with Gasteiger partial charge in [-0.05, 0) is 36.4 Å². The lowest BCUT2D eigenvalue weighted by atomic mass is 9.99. The van der Waals surface area contributed by atoms with Crippen molar-refractivity contribution in [1.29, 1.82) is 0 Å². The predicted octanol–water partition coefficient (Wildman–Crippen LogP) is 3.61. The van der Waals surface area contributed by atoms with Crippen molar-refractivity contribution in [3.63, 3.8) is 0 Å². The fourth-order valence-electron chi connectivity index (χ4n) is 2.72. The minimum atomic E-state index is -4.48. The Balaban J connectivity index is 2.20. The summed E-state index contributed by atoms with van der Waals surface area (Å²) in [5, 5.41) is 2.68. The van der Waals surface area contributed by atoms with Gasteiger partial charge in [-0.1, -0.05) is 29.8 Å². The Morgan fingerprint density at radius 1 is 1.38 bits per heavy atom. The molecule has 0 fully saturated rings. The van der Waals surface area contributed by atoms with Crippen LogP contribution in [-0.4, -0.2) is 31.3 Å². The van der Waals surface area contributed by atoms with Gasteiger partial charge in [0.2, 0.25) is 0 Å². The van der Waals surface area contributed by atoms with Crippen LogP contribution in [0.1, 0.15) is 26.4 Å². The maximum absolute atomic E-state index is 13.2. The third kappa shape index (κ3) is 5.81. The van der Waals surface area contributed by atoms with Crippen molar-refractivity contribution in [2.75, 3.05) is 13.6 Å². The van der Waals surface area contributed by atoms with Crippen LogP contribution in [0.5, 0.6) is 0 Å². The number of allylic oxidation sites excluding steroid dienone is 1. The Morgan fingerprint density at radius 2 is 2.07 bits per heavy atom. The molecule has 5 nitrogen and oxygen atoms in total. The van der Waals surface area contributed by atoms with Gasteiger partial charge in [-0.2, -0.15) is 13.2 Å². The van der Waals surface area contributed by atoms with E-state index < -0.39 is 23.7 Å². The molecule has 0 radical (unpaired) electrons. The zero-order chi connectivity index (χ0) is 21.6. The average Bonchev–Trinajstić information content (AvgIpc) is 3.06. The highest BCUT2D eigenvalue weighted by atomic mass is 35.5. The molecule has 2 rings (SSSR count). The molecule has 10 heteroatoms. The third-order valence-corrected chi connectivity index (χ3v) is 5.45. The van der Waals surface area contributed by atoms with Crippen molar-refractivity contribution in [2.24, 2.45) is 16.5 Å². The molecule has 0 saturated heterocycles. The van der Waals surface area contributed by atoms with Gasteiger partial charge in [0.25, 0.3) is 5.91 Å². The quantitative estimate of drug-likeness (QED) is 0.569. The molecule has 5 N–H and O–H groups in total. The molecule has 1 heterocycles. The largest absolute Gasteiger partial charge is 0.416 e. The lowest BCUT2D eigenvalue weighted by Crippen LogP contribution is -2.41. The molecule has 1 aromatic carbocycles. The van der Waals surface area contributed by atoms with Gasteiger partial charge in [-0.25, -0.2) is 0 Å². The number of thiophene rings is 1. The Hall–Kier alpha value is -2.36. The number of aliphatic imine (C=N–C) groups is 1. The number of rotatable bonds is 7. The van der Waals surface area contributed by atoms with Crippen molar-refractivity contribution in [1.82, 2.24) is 5.32 Å². The molecule has 29 heavy (non-hydrogen) atoms. The van der Waals surface area contributed by atoms with Crippen LogP contribution in [0.25, 0.3) is 0 Å². The van der Waals surface area contributed by atoms with Gasteiger partial charge in [0.1, 0.15) is 4.34 Å². The number of nitrogens with zero attached hydrogens (tertiary/aromatic N) is 1. The molecule has 1 aromatic heterocycles. The Bertz CT molecular complexity index is 924. The van der Waals surface area contributed by atoms with E-state index >= 15 is 0 Å². The second-order valence-electron chi connectivity index (χ2n) is 6.03. The maximum atomic E-state index is 13.2. The summed E-state index contributed by atoms with van der Waals surface area (Å²) in [6, 6.07) is 6.09. The third-order valence-electron chi connectivity index (χ3n) is 4.09.